The third-order valence-corrected chi connectivity index (χ3v) is 6.07. The summed E-state index contributed by atoms with van der Waals surface area (Å²) in [6.45, 7) is 2.58. The van der Waals surface area contributed by atoms with Crippen molar-refractivity contribution in [2.75, 3.05) is 6.61 Å². The highest BCUT2D eigenvalue weighted by atomic mass is 29.2. The summed E-state index contributed by atoms with van der Waals surface area (Å²) in [4.78, 5) is 0. The van der Waals surface area contributed by atoms with E-state index >= 15 is 0 Å². The quantitative estimate of drug-likeness (QED) is 0.478. The molecule has 0 N–H and O–H groups in total. The molecule has 0 aliphatic carbocycles. The lowest BCUT2D eigenvalue weighted by Crippen LogP contribution is -2.27. The summed E-state index contributed by atoms with van der Waals surface area (Å²) >= 11 is 0. The number of rotatable bonds is 0. The second kappa shape index (κ2) is 4.00. The molecule has 3 nitrogen and oxygen atoms in total. The highest BCUT2D eigenvalue weighted by Crippen LogP contribution is 2.01. The van der Waals surface area contributed by atoms with Crippen molar-refractivity contribution in [3.8, 4) is 0 Å². The molecule has 1 unspecified atom stereocenters. The van der Waals surface area contributed by atoms with Gasteiger partial charge in [-0.25, -0.2) is 0 Å². The Labute approximate surface area is 64.1 Å². The molecule has 0 aromatic carbocycles. The Balaban J connectivity index is 2.32. The molecule has 0 amide bonds. The van der Waals surface area contributed by atoms with E-state index in [0.29, 0.717) is 0 Å². The van der Waals surface area contributed by atoms with Crippen molar-refractivity contribution in [1.29, 1.82) is 0 Å². The summed E-state index contributed by atoms with van der Waals surface area (Å²) < 4.78 is 21.2. The van der Waals surface area contributed by atoms with Crippen LogP contribution in [0.15, 0.2) is 0 Å². The number of hydrogen-bond donors (Lipinski definition) is 0. The fourth-order valence-electron chi connectivity index (χ4n) is 0.899. The zero-order valence-corrected chi connectivity index (χ0v) is 8.54. The van der Waals surface area contributed by atoms with Gasteiger partial charge in [0.15, 0.2) is 6.29 Å². The van der Waals surface area contributed by atoms with Gasteiger partial charge in [0.1, 0.15) is 9.04 Å². The van der Waals surface area contributed by atoms with Crippen LogP contribution in [0.3, 0.4) is 0 Å². The molecule has 1 saturated heterocycles. The van der Waals surface area contributed by atoms with Gasteiger partial charge in [0.2, 0.25) is 0 Å². The first-order chi connectivity index (χ1) is 4.79. The van der Waals surface area contributed by atoms with Crippen LogP contribution >= 0.6 is 0 Å². The van der Waals surface area contributed by atoms with Crippen molar-refractivity contribution in [1.82, 2.24) is 0 Å². The molecule has 1 heterocycles. The summed E-state index contributed by atoms with van der Waals surface area (Å²) in [6, 6.07) is 1.10. The molecule has 0 aromatic heterocycles. The van der Waals surface area contributed by atoms with Gasteiger partial charge in [-0.15, -0.1) is 0 Å². The Morgan fingerprint density at radius 1 is 1.70 bits per heavy atom. The van der Waals surface area contributed by atoms with Gasteiger partial charge in [0, 0.05) is 0 Å². The molecule has 1 aliphatic heterocycles. The zero-order chi connectivity index (χ0) is 7.40. The van der Waals surface area contributed by atoms with E-state index in [1.807, 2.05) is 6.92 Å². The Hall–Kier alpha value is -0.00623. The molecule has 1 fully saturated rings. The molecule has 0 radical (unpaired) electrons. The van der Waals surface area contributed by atoms with E-state index < -0.39 is 17.5 Å². The molecule has 58 valence electrons. The molecule has 10 heavy (non-hydrogen) atoms. The molecular weight excluding hydrogens is 164 g/mol. The smallest absolute Gasteiger partial charge is 0.463 e. The van der Waals surface area contributed by atoms with Crippen molar-refractivity contribution >= 4 is 17.5 Å². The lowest BCUT2D eigenvalue weighted by atomic mass is 10.5. The van der Waals surface area contributed by atoms with Gasteiger partial charge in [-0.05, 0) is 13.3 Å². The maximum absolute atomic E-state index is 11.0. The molecule has 0 saturated carbocycles. The first kappa shape index (κ1) is 8.09. The van der Waals surface area contributed by atoms with Crippen LogP contribution in [0.4, 0.5) is 0 Å². The molecule has 0 bridgehead atoms. The molecule has 0 aromatic rings. The average molecular weight is 176 g/mol. The standard InChI is InChI=1S/C5H12O3Si2/c1-5-7-3-2-4-9-10(6)8-5/h5H,2-4,9H2,1H3. The van der Waals surface area contributed by atoms with Crippen LogP contribution in [0.25, 0.3) is 0 Å². The van der Waals surface area contributed by atoms with E-state index in [-0.39, 0.29) is 6.29 Å². The van der Waals surface area contributed by atoms with Crippen molar-refractivity contribution in [2.45, 2.75) is 25.7 Å². The van der Waals surface area contributed by atoms with Gasteiger partial charge in [0.25, 0.3) is 0 Å². The van der Waals surface area contributed by atoms with E-state index in [2.05, 4.69) is 0 Å². The van der Waals surface area contributed by atoms with E-state index in [0.717, 1.165) is 19.1 Å². The fourth-order valence-corrected chi connectivity index (χ4v) is 4.87. The molecular formula is C5H12O3Si2. The molecule has 1 atom stereocenters. The van der Waals surface area contributed by atoms with Crippen molar-refractivity contribution in [3.63, 3.8) is 0 Å². The summed E-state index contributed by atoms with van der Waals surface area (Å²) in [5.74, 6) is 0. The highest BCUT2D eigenvalue weighted by Gasteiger charge is 2.15. The molecule has 5 heteroatoms. The molecule has 1 aliphatic rings. The van der Waals surface area contributed by atoms with E-state index in [1.54, 1.807) is 0 Å². The van der Waals surface area contributed by atoms with Crippen molar-refractivity contribution in [2.24, 2.45) is 0 Å². The van der Waals surface area contributed by atoms with Gasteiger partial charge >= 0.3 is 8.44 Å². The topological polar surface area (TPSA) is 35.5 Å². The van der Waals surface area contributed by atoms with Crippen LogP contribution in [-0.2, 0) is 13.6 Å². The van der Waals surface area contributed by atoms with Crippen molar-refractivity contribution < 1.29 is 13.6 Å². The molecule has 0 spiro atoms. The van der Waals surface area contributed by atoms with Crippen LogP contribution in [0.2, 0.25) is 6.04 Å². The average Bonchev–Trinajstić information content (AvgIpc) is 1.83. The molecule has 1 rings (SSSR count). The van der Waals surface area contributed by atoms with Crippen LogP contribution in [-0.4, -0.2) is 30.4 Å². The maximum Gasteiger partial charge on any atom is 0.463 e. The van der Waals surface area contributed by atoms with Gasteiger partial charge in [0.05, 0.1) is 6.61 Å². The summed E-state index contributed by atoms with van der Waals surface area (Å²) in [5.41, 5.74) is 0. The predicted octanol–water partition coefficient (Wildman–Crippen LogP) is -0.228. The fraction of sp³-hybridized carbons (Fsp3) is 1.00. The third kappa shape index (κ3) is 2.72. The first-order valence-electron chi connectivity index (χ1n) is 3.60. The Morgan fingerprint density at radius 3 is 3.30 bits per heavy atom. The summed E-state index contributed by atoms with van der Waals surface area (Å²) in [6.07, 6.45) is 0.829. The summed E-state index contributed by atoms with van der Waals surface area (Å²) in [5, 5.41) is 0. The Morgan fingerprint density at radius 2 is 2.50 bits per heavy atom. The van der Waals surface area contributed by atoms with Crippen LogP contribution in [0.5, 0.6) is 0 Å². The lowest BCUT2D eigenvalue weighted by molar-refractivity contribution is -0.0707. The van der Waals surface area contributed by atoms with Crippen LogP contribution in [0, 0.1) is 0 Å². The predicted molar refractivity (Wildman–Crippen MR) is 40.9 cm³/mol. The van der Waals surface area contributed by atoms with Gasteiger partial charge < -0.3 is 13.6 Å². The van der Waals surface area contributed by atoms with Crippen LogP contribution < -0.4 is 0 Å². The second-order valence-corrected chi connectivity index (χ2v) is 7.80. The zero-order valence-electron chi connectivity index (χ0n) is 6.13. The van der Waals surface area contributed by atoms with E-state index in [4.69, 9.17) is 9.16 Å². The first-order valence-corrected chi connectivity index (χ1v) is 8.24. The summed E-state index contributed by atoms with van der Waals surface area (Å²) in [7, 11) is -2.05. The number of ether oxygens (including phenoxy) is 1. The van der Waals surface area contributed by atoms with E-state index in [9.17, 15) is 4.46 Å². The van der Waals surface area contributed by atoms with Gasteiger partial charge in [-0.2, -0.15) is 0 Å². The lowest BCUT2D eigenvalue weighted by Gasteiger charge is -2.16. The largest absolute Gasteiger partial charge is 0.501 e. The minimum absolute atomic E-state index is 0.237. The van der Waals surface area contributed by atoms with Gasteiger partial charge in [-0.1, -0.05) is 6.04 Å². The second-order valence-electron chi connectivity index (χ2n) is 2.39. The van der Waals surface area contributed by atoms with Crippen molar-refractivity contribution in [3.05, 3.63) is 0 Å². The Kier molecular flexibility index (Phi) is 3.23. The third-order valence-electron chi connectivity index (χ3n) is 1.43. The highest BCUT2D eigenvalue weighted by molar-refractivity contribution is 7.01. The normalized spacial score (nSPS) is 30.9. The maximum atomic E-state index is 11.0. The van der Waals surface area contributed by atoms with Crippen LogP contribution in [0.1, 0.15) is 13.3 Å². The minimum atomic E-state index is -1.64. The minimum Gasteiger partial charge on any atom is -0.501 e. The van der Waals surface area contributed by atoms with Gasteiger partial charge in [-0.3, -0.25) is 0 Å². The SMILES string of the molecule is CC1OCCC[SiH2][Si](=O)O1. The monoisotopic (exact) mass is 176 g/mol. The number of hydrogen-bond acceptors (Lipinski definition) is 3. The Bertz CT molecular complexity index is 128. The van der Waals surface area contributed by atoms with E-state index in [1.165, 1.54) is 0 Å².